The molecule has 17 nitrogen and oxygen atoms in total. The summed E-state index contributed by atoms with van der Waals surface area (Å²) >= 11 is 0. The van der Waals surface area contributed by atoms with Gasteiger partial charge >= 0.3 is 39.5 Å². The molecule has 0 aromatic rings. The smallest absolute Gasteiger partial charge is 0.462 e. The van der Waals surface area contributed by atoms with Gasteiger partial charge in [0.25, 0.3) is 0 Å². The number of phosphoric ester groups is 2. The quantitative estimate of drug-likeness (QED) is 0.0222. The number of rotatable bonds is 78. The van der Waals surface area contributed by atoms with Gasteiger partial charge in [0.2, 0.25) is 0 Å². The SMILES string of the molecule is CCCCCCCCCCCCCCCCCCCC(=O)O[C@H](COC(=O)CCCCCCCCCCCCCCCC(C)C)COP(=O)(O)OC[C@@H](O)COP(=O)(O)OC[C@@H](COC(=O)CCCCCCCCCCCC(C)C)OC(=O)CCCCCCCCCCCCCC(C)C. The van der Waals surface area contributed by atoms with Crippen molar-refractivity contribution in [2.45, 2.75) is 433 Å². The van der Waals surface area contributed by atoms with E-state index in [-0.39, 0.29) is 25.7 Å². The fourth-order valence-corrected chi connectivity index (χ4v) is 13.9. The van der Waals surface area contributed by atoms with E-state index in [0.29, 0.717) is 25.7 Å². The highest BCUT2D eigenvalue weighted by Gasteiger charge is 2.30. The van der Waals surface area contributed by atoms with Gasteiger partial charge in [0.05, 0.1) is 26.4 Å². The molecular weight excluding hydrogens is 1290 g/mol. The highest BCUT2D eigenvalue weighted by atomic mass is 31.2. The van der Waals surface area contributed by atoms with Crippen LogP contribution in [-0.2, 0) is 65.4 Å². The van der Waals surface area contributed by atoms with Crippen LogP contribution >= 0.6 is 15.6 Å². The minimum absolute atomic E-state index is 0.106. The third-order valence-electron chi connectivity index (χ3n) is 18.6. The van der Waals surface area contributed by atoms with Crippen LogP contribution in [0, 0.1) is 17.8 Å². The number of ether oxygens (including phenoxy) is 4. The number of carbonyl (C=O) groups excluding carboxylic acids is 4. The van der Waals surface area contributed by atoms with Gasteiger partial charge in [-0.05, 0) is 43.4 Å². The predicted molar refractivity (Wildman–Crippen MR) is 405 cm³/mol. The van der Waals surface area contributed by atoms with Gasteiger partial charge < -0.3 is 33.8 Å². The molecule has 0 aliphatic heterocycles. The zero-order valence-electron chi connectivity index (χ0n) is 65.0. The van der Waals surface area contributed by atoms with Crippen molar-refractivity contribution >= 4 is 39.5 Å². The second-order valence-electron chi connectivity index (χ2n) is 30.2. The highest BCUT2D eigenvalue weighted by Crippen LogP contribution is 2.45. The van der Waals surface area contributed by atoms with E-state index in [0.717, 1.165) is 108 Å². The summed E-state index contributed by atoms with van der Waals surface area (Å²) in [4.78, 5) is 73.0. The zero-order valence-corrected chi connectivity index (χ0v) is 66.8. The van der Waals surface area contributed by atoms with Crippen LogP contribution < -0.4 is 0 Å². The molecule has 0 fully saturated rings. The van der Waals surface area contributed by atoms with Crippen molar-refractivity contribution in [3.8, 4) is 0 Å². The minimum atomic E-state index is -4.96. The lowest BCUT2D eigenvalue weighted by Crippen LogP contribution is -2.30. The molecule has 0 aromatic heterocycles. The van der Waals surface area contributed by atoms with E-state index in [2.05, 4.69) is 48.5 Å². The summed E-state index contributed by atoms with van der Waals surface area (Å²) in [5, 5.41) is 10.6. The van der Waals surface area contributed by atoms with Crippen molar-refractivity contribution in [1.82, 2.24) is 0 Å². The van der Waals surface area contributed by atoms with E-state index in [4.69, 9.17) is 37.0 Å². The monoisotopic (exact) mass is 1450 g/mol. The van der Waals surface area contributed by atoms with E-state index < -0.39 is 97.5 Å². The van der Waals surface area contributed by atoms with E-state index in [1.54, 1.807) is 0 Å². The fourth-order valence-electron chi connectivity index (χ4n) is 12.3. The minimum Gasteiger partial charge on any atom is -0.462 e. The summed E-state index contributed by atoms with van der Waals surface area (Å²) < 4.78 is 68.7. The number of hydrogen-bond donors (Lipinski definition) is 3. The molecule has 0 rings (SSSR count). The number of unbranched alkanes of at least 4 members (excludes halogenated alkanes) is 46. The molecule has 3 N–H and O–H groups in total. The normalized spacial score (nSPS) is 14.0. The Bertz CT molecular complexity index is 1920. The molecule has 5 atom stereocenters. The Hall–Kier alpha value is -1.94. The maximum atomic E-state index is 13.1. The lowest BCUT2D eigenvalue weighted by molar-refractivity contribution is -0.161. The van der Waals surface area contributed by atoms with Gasteiger partial charge in [-0.3, -0.25) is 37.3 Å². The number of esters is 4. The molecule has 588 valence electrons. The first-order chi connectivity index (χ1) is 47.7. The lowest BCUT2D eigenvalue weighted by atomic mass is 10.0. The molecule has 0 saturated heterocycles. The van der Waals surface area contributed by atoms with Gasteiger partial charge in [-0.1, -0.05) is 363 Å². The molecule has 0 aliphatic carbocycles. The van der Waals surface area contributed by atoms with E-state index in [1.807, 2.05) is 0 Å². The first-order valence-corrected chi connectivity index (χ1v) is 44.3. The summed E-state index contributed by atoms with van der Waals surface area (Å²) in [5.74, 6) is 0.189. The average molecular weight is 1450 g/mol. The second kappa shape index (κ2) is 70.4. The van der Waals surface area contributed by atoms with E-state index in [9.17, 15) is 43.2 Å². The maximum absolute atomic E-state index is 13.1. The topological polar surface area (TPSA) is 237 Å². The van der Waals surface area contributed by atoms with Crippen molar-refractivity contribution in [3.63, 3.8) is 0 Å². The van der Waals surface area contributed by atoms with Gasteiger partial charge in [0.1, 0.15) is 19.3 Å². The molecule has 19 heteroatoms. The summed E-state index contributed by atoms with van der Waals surface area (Å²) in [6, 6.07) is 0. The molecule has 0 radical (unpaired) electrons. The molecule has 0 aromatic carbocycles. The van der Waals surface area contributed by atoms with Gasteiger partial charge in [0, 0.05) is 25.7 Å². The van der Waals surface area contributed by atoms with E-state index >= 15 is 0 Å². The Morgan fingerprint density at radius 2 is 0.465 bits per heavy atom. The van der Waals surface area contributed by atoms with Crippen molar-refractivity contribution in [2.24, 2.45) is 17.8 Å². The van der Waals surface area contributed by atoms with Crippen LogP contribution in [0.4, 0.5) is 0 Å². The van der Waals surface area contributed by atoms with Crippen molar-refractivity contribution in [1.29, 1.82) is 0 Å². The number of aliphatic hydroxyl groups is 1. The Kier molecular flexibility index (Phi) is 69.0. The first kappa shape index (κ1) is 97.1. The lowest BCUT2D eigenvalue weighted by Gasteiger charge is -2.21. The first-order valence-electron chi connectivity index (χ1n) is 41.3. The van der Waals surface area contributed by atoms with Crippen molar-refractivity contribution < 1.29 is 80.2 Å². The molecule has 0 amide bonds. The molecule has 2 unspecified atom stereocenters. The predicted octanol–water partition coefficient (Wildman–Crippen LogP) is 23.7. The van der Waals surface area contributed by atoms with Crippen LogP contribution in [0.2, 0.25) is 0 Å². The third kappa shape index (κ3) is 74.1. The number of hydrogen-bond acceptors (Lipinski definition) is 15. The average Bonchev–Trinajstić information content (AvgIpc) is 1.09. The maximum Gasteiger partial charge on any atom is 0.472 e. The van der Waals surface area contributed by atoms with Crippen LogP contribution in [0.3, 0.4) is 0 Å². The van der Waals surface area contributed by atoms with Crippen LogP contribution in [0.25, 0.3) is 0 Å². The van der Waals surface area contributed by atoms with Crippen LogP contribution in [0.5, 0.6) is 0 Å². The molecule has 0 aliphatic rings. The Morgan fingerprint density at radius 3 is 0.687 bits per heavy atom. The molecule has 0 heterocycles. The largest absolute Gasteiger partial charge is 0.472 e. The fraction of sp³-hybridized carbons (Fsp3) is 0.950. The number of phosphoric acid groups is 2. The zero-order chi connectivity index (χ0) is 73.0. The van der Waals surface area contributed by atoms with E-state index in [1.165, 1.54) is 225 Å². The molecule has 0 spiro atoms. The highest BCUT2D eigenvalue weighted by molar-refractivity contribution is 7.47. The third-order valence-corrected chi connectivity index (χ3v) is 20.5. The summed E-state index contributed by atoms with van der Waals surface area (Å²) in [5.41, 5.74) is 0. The van der Waals surface area contributed by atoms with Crippen LogP contribution in [0.15, 0.2) is 0 Å². The summed E-state index contributed by atoms with van der Waals surface area (Å²) in [6.45, 7) is 11.9. The standard InChI is InChI=1S/C80H156O17P2/c1-8-9-10-11-12-13-14-15-16-17-18-21-27-34-42-49-56-63-79(84)96-75(67-90-77(82)61-54-47-40-33-26-22-19-20-24-30-37-44-51-58-71(2)3)69-94-98(86,87)92-65-74(81)66-93-99(88,89)95-70-76(68-91-78(83)62-55-48-41-36-29-32-39-46-53-60-73(6)7)97-80(85)64-57-50-43-35-28-23-25-31-38-45-52-59-72(4)5/h71-76,81H,8-70H2,1-7H3,(H,86,87)(H,88,89)/t74-,75-,76-/m1/s1. The van der Waals surface area contributed by atoms with Gasteiger partial charge in [0.15, 0.2) is 12.2 Å². The molecular formula is C80H156O17P2. The number of aliphatic hydroxyl groups excluding tert-OH is 1. The van der Waals surface area contributed by atoms with Crippen molar-refractivity contribution in [3.05, 3.63) is 0 Å². The van der Waals surface area contributed by atoms with Gasteiger partial charge in [-0.25, -0.2) is 9.13 Å². The molecule has 0 bridgehead atoms. The van der Waals surface area contributed by atoms with Gasteiger partial charge in [-0.15, -0.1) is 0 Å². The van der Waals surface area contributed by atoms with Gasteiger partial charge in [-0.2, -0.15) is 0 Å². The molecule has 0 saturated carbocycles. The Balaban J connectivity index is 5.27. The summed E-state index contributed by atoms with van der Waals surface area (Å²) in [6.07, 6.45) is 58.2. The Morgan fingerprint density at radius 1 is 0.273 bits per heavy atom. The number of carbonyl (C=O) groups is 4. The van der Waals surface area contributed by atoms with Crippen LogP contribution in [0.1, 0.15) is 414 Å². The second-order valence-corrected chi connectivity index (χ2v) is 33.1. The van der Waals surface area contributed by atoms with Crippen molar-refractivity contribution in [2.75, 3.05) is 39.6 Å². The molecule has 99 heavy (non-hydrogen) atoms. The Labute approximate surface area is 607 Å². The van der Waals surface area contributed by atoms with Crippen LogP contribution in [-0.4, -0.2) is 96.7 Å². The summed E-state index contributed by atoms with van der Waals surface area (Å²) in [7, 11) is -9.92.